The van der Waals surface area contributed by atoms with Gasteiger partial charge >= 0.3 is 0 Å². The molecule has 1 amide bonds. The first-order valence-corrected chi connectivity index (χ1v) is 7.57. The summed E-state index contributed by atoms with van der Waals surface area (Å²) < 4.78 is 32.0. The molecule has 0 spiro atoms. The highest BCUT2D eigenvalue weighted by atomic mass is 19.1. The molecular formula is C18H20F2N2O2. The number of hydrogen-bond donors (Lipinski definition) is 2. The molecule has 4 nitrogen and oxygen atoms in total. The predicted octanol–water partition coefficient (Wildman–Crippen LogP) is 3.65. The third kappa shape index (κ3) is 4.29. The number of methoxy groups -OCH3 is 1. The van der Waals surface area contributed by atoms with E-state index in [0.29, 0.717) is 17.0 Å². The van der Waals surface area contributed by atoms with Crippen LogP contribution in [0.15, 0.2) is 42.5 Å². The lowest BCUT2D eigenvalue weighted by Gasteiger charge is -2.21. The number of halogens is 2. The maximum Gasteiger partial charge on any atom is 0.241 e. The molecule has 0 aliphatic carbocycles. The monoisotopic (exact) mass is 334 g/mol. The Bertz CT molecular complexity index is 722. The SMILES string of the molecule is COc1ccccc1NC(=O)[C@H](C)N[C@H](C)c1ccc(F)cc1F. The molecule has 0 radical (unpaired) electrons. The molecule has 0 bridgehead atoms. The number of amides is 1. The molecule has 0 saturated heterocycles. The Labute approximate surface area is 139 Å². The summed E-state index contributed by atoms with van der Waals surface area (Å²) in [5.74, 6) is -1.01. The van der Waals surface area contributed by atoms with E-state index in [2.05, 4.69) is 10.6 Å². The molecule has 2 rings (SSSR count). The first kappa shape index (κ1) is 17.9. The van der Waals surface area contributed by atoms with Gasteiger partial charge in [-0.25, -0.2) is 8.78 Å². The Morgan fingerprint density at radius 2 is 1.83 bits per heavy atom. The molecule has 2 atom stereocenters. The van der Waals surface area contributed by atoms with Crippen molar-refractivity contribution in [2.75, 3.05) is 12.4 Å². The minimum atomic E-state index is -0.646. The van der Waals surface area contributed by atoms with Gasteiger partial charge in [0.05, 0.1) is 18.8 Å². The molecule has 128 valence electrons. The molecule has 6 heteroatoms. The molecule has 2 aromatic carbocycles. The second-order valence-corrected chi connectivity index (χ2v) is 5.47. The Kier molecular flexibility index (Phi) is 5.87. The average Bonchev–Trinajstić information content (AvgIpc) is 2.55. The first-order chi connectivity index (χ1) is 11.4. The second-order valence-electron chi connectivity index (χ2n) is 5.47. The van der Waals surface area contributed by atoms with E-state index in [-0.39, 0.29) is 5.91 Å². The summed E-state index contributed by atoms with van der Waals surface area (Å²) in [6, 6.07) is 9.40. The maximum absolute atomic E-state index is 13.8. The third-order valence-corrected chi connectivity index (χ3v) is 3.69. The van der Waals surface area contributed by atoms with Crippen molar-refractivity contribution in [3.05, 3.63) is 59.7 Å². The van der Waals surface area contributed by atoms with Gasteiger partial charge in [0.15, 0.2) is 0 Å². The maximum atomic E-state index is 13.8. The lowest BCUT2D eigenvalue weighted by Crippen LogP contribution is -2.39. The fourth-order valence-corrected chi connectivity index (χ4v) is 2.38. The second kappa shape index (κ2) is 7.88. The minimum Gasteiger partial charge on any atom is -0.495 e. The molecule has 24 heavy (non-hydrogen) atoms. The van der Waals surface area contributed by atoms with Crippen molar-refractivity contribution >= 4 is 11.6 Å². The Hall–Kier alpha value is -2.47. The van der Waals surface area contributed by atoms with Crippen molar-refractivity contribution in [2.24, 2.45) is 0 Å². The van der Waals surface area contributed by atoms with Crippen molar-refractivity contribution in [1.29, 1.82) is 0 Å². The van der Waals surface area contributed by atoms with Gasteiger partial charge in [-0.3, -0.25) is 10.1 Å². The van der Waals surface area contributed by atoms with Crippen LogP contribution >= 0.6 is 0 Å². The van der Waals surface area contributed by atoms with Crippen LogP contribution in [0.2, 0.25) is 0 Å². The van der Waals surface area contributed by atoms with Gasteiger partial charge in [0.1, 0.15) is 17.4 Å². The van der Waals surface area contributed by atoms with E-state index in [9.17, 15) is 13.6 Å². The molecule has 0 fully saturated rings. The molecule has 0 aromatic heterocycles. The van der Waals surface area contributed by atoms with Gasteiger partial charge in [0, 0.05) is 17.7 Å². The van der Waals surface area contributed by atoms with E-state index in [0.717, 1.165) is 6.07 Å². The number of benzene rings is 2. The lowest BCUT2D eigenvalue weighted by molar-refractivity contribution is -0.118. The number of nitrogens with one attached hydrogen (secondary N) is 2. The van der Waals surface area contributed by atoms with Gasteiger partial charge in [-0.2, -0.15) is 0 Å². The van der Waals surface area contributed by atoms with Gasteiger partial charge in [-0.05, 0) is 32.0 Å². The fourth-order valence-electron chi connectivity index (χ4n) is 2.38. The van der Waals surface area contributed by atoms with E-state index in [1.807, 2.05) is 0 Å². The molecule has 0 heterocycles. The summed E-state index contributed by atoms with van der Waals surface area (Å²) in [6.07, 6.45) is 0. The van der Waals surface area contributed by atoms with Crippen LogP contribution in [0.4, 0.5) is 14.5 Å². The first-order valence-electron chi connectivity index (χ1n) is 7.57. The van der Waals surface area contributed by atoms with Crippen molar-refractivity contribution in [3.8, 4) is 5.75 Å². The van der Waals surface area contributed by atoms with Gasteiger partial charge in [0.25, 0.3) is 0 Å². The van der Waals surface area contributed by atoms with Crippen LogP contribution in [0.1, 0.15) is 25.5 Å². The zero-order valence-electron chi connectivity index (χ0n) is 13.8. The summed E-state index contributed by atoms with van der Waals surface area (Å²) in [6.45, 7) is 3.38. The number of anilines is 1. The van der Waals surface area contributed by atoms with Crippen LogP contribution < -0.4 is 15.4 Å². The van der Waals surface area contributed by atoms with Crippen molar-refractivity contribution in [3.63, 3.8) is 0 Å². The number of carbonyl (C=O) groups excluding carboxylic acids is 1. The molecule has 0 aliphatic rings. The number of carbonyl (C=O) groups is 1. The van der Waals surface area contributed by atoms with Crippen LogP contribution in [0.5, 0.6) is 5.75 Å². The smallest absolute Gasteiger partial charge is 0.241 e. The molecule has 0 saturated carbocycles. The van der Waals surface area contributed by atoms with Crippen molar-refractivity contribution < 1.29 is 18.3 Å². The van der Waals surface area contributed by atoms with Crippen LogP contribution in [0.3, 0.4) is 0 Å². The number of rotatable bonds is 6. The van der Waals surface area contributed by atoms with Crippen LogP contribution in [0.25, 0.3) is 0 Å². The highest BCUT2D eigenvalue weighted by Crippen LogP contribution is 2.23. The molecule has 2 aromatic rings. The number of ether oxygens (including phenoxy) is 1. The normalized spacial score (nSPS) is 13.2. The molecule has 0 unspecified atom stereocenters. The van der Waals surface area contributed by atoms with Gasteiger partial charge < -0.3 is 10.1 Å². The largest absolute Gasteiger partial charge is 0.495 e. The molecule has 2 N–H and O–H groups in total. The third-order valence-electron chi connectivity index (χ3n) is 3.69. The van der Waals surface area contributed by atoms with Crippen molar-refractivity contribution in [1.82, 2.24) is 5.32 Å². The number of hydrogen-bond acceptors (Lipinski definition) is 3. The quantitative estimate of drug-likeness (QED) is 0.848. The van der Waals surface area contributed by atoms with E-state index >= 15 is 0 Å². The Balaban J connectivity index is 2.03. The summed E-state index contributed by atoms with van der Waals surface area (Å²) in [4.78, 5) is 12.3. The van der Waals surface area contributed by atoms with Gasteiger partial charge in [-0.1, -0.05) is 18.2 Å². The van der Waals surface area contributed by atoms with Crippen LogP contribution in [-0.4, -0.2) is 19.1 Å². The van der Waals surface area contributed by atoms with Gasteiger partial charge in [-0.15, -0.1) is 0 Å². The Morgan fingerprint density at radius 1 is 1.12 bits per heavy atom. The lowest BCUT2D eigenvalue weighted by atomic mass is 10.1. The van der Waals surface area contributed by atoms with E-state index in [4.69, 9.17) is 4.74 Å². The summed E-state index contributed by atoms with van der Waals surface area (Å²) >= 11 is 0. The summed E-state index contributed by atoms with van der Waals surface area (Å²) in [7, 11) is 1.52. The topological polar surface area (TPSA) is 50.4 Å². The van der Waals surface area contributed by atoms with E-state index in [1.165, 1.54) is 19.2 Å². The fraction of sp³-hybridized carbons (Fsp3) is 0.278. The highest BCUT2D eigenvalue weighted by molar-refractivity contribution is 5.95. The standard InChI is InChI=1S/C18H20F2N2O2/c1-11(14-9-8-13(19)10-15(14)20)21-12(2)18(23)22-16-6-4-5-7-17(16)24-3/h4-12,21H,1-3H3,(H,22,23)/t11-,12+/m1/s1. The number of para-hydroxylation sites is 2. The zero-order valence-corrected chi connectivity index (χ0v) is 13.8. The van der Waals surface area contributed by atoms with Crippen LogP contribution in [-0.2, 0) is 4.79 Å². The molecular weight excluding hydrogens is 314 g/mol. The summed E-state index contributed by atoms with van der Waals surface area (Å²) in [5.41, 5.74) is 0.854. The predicted molar refractivity (Wildman–Crippen MR) is 89.0 cm³/mol. The zero-order chi connectivity index (χ0) is 17.7. The van der Waals surface area contributed by atoms with Crippen molar-refractivity contribution in [2.45, 2.75) is 25.9 Å². The van der Waals surface area contributed by atoms with Crippen LogP contribution in [0, 0.1) is 11.6 Å². The molecule has 0 aliphatic heterocycles. The van der Waals surface area contributed by atoms with E-state index in [1.54, 1.807) is 38.1 Å². The van der Waals surface area contributed by atoms with Gasteiger partial charge in [0.2, 0.25) is 5.91 Å². The van der Waals surface area contributed by atoms with E-state index < -0.39 is 23.7 Å². The highest BCUT2D eigenvalue weighted by Gasteiger charge is 2.19. The Morgan fingerprint density at radius 3 is 2.50 bits per heavy atom. The summed E-state index contributed by atoms with van der Waals surface area (Å²) in [5, 5.41) is 5.76. The minimum absolute atomic E-state index is 0.283. The average molecular weight is 334 g/mol.